The normalized spacial score (nSPS) is 13.6. The maximum Gasteiger partial charge on any atom is 0.374 e. The molecule has 19 heavy (non-hydrogen) atoms. The van der Waals surface area contributed by atoms with Crippen LogP contribution in [0.25, 0.3) is 0 Å². The van der Waals surface area contributed by atoms with Crippen LogP contribution in [0.5, 0.6) is 0 Å². The quantitative estimate of drug-likeness (QED) is 0.430. The molecule has 4 N–H and O–H groups in total. The van der Waals surface area contributed by atoms with Gasteiger partial charge < -0.3 is 25.2 Å². The highest BCUT2D eigenvalue weighted by Crippen LogP contribution is 2.15. The lowest BCUT2D eigenvalue weighted by Gasteiger charge is -2.14. The molecular formula is C13H16O6. The summed E-state index contributed by atoms with van der Waals surface area (Å²) in [6.45, 7) is -0.489. The lowest BCUT2D eigenvalue weighted by molar-refractivity contribution is -0.136. The number of carboxylic acids is 1. The van der Waals surface area contributed by atoms with Crippen molar-refractivity contribution >= 4 is 5.97 Å². The Kier molecular flexibility index (Phi) is 5.84. The Morgan fingerprint density at radius 1 is 1.21 bits per heavy atom. The van der Waals surface area contributed by atoms with Crippen molar-refractivity contribution in [2.45, 2.75) is 19.1 Å². The van der Waals surface area contributed by atoms with Gasteiger partial charge in [0.1, 0.15) is 12.4 Å². The first-order chi connectivity index (χ1) is 9.04. The van der Waals surface area contributed by atoms with E-state index in [0.29, 0.717) is 0 Å². The first-order valence-electron chi connectivity index (χ1n) is 5.65. The summed E-state index contributed by atoms with van der Waals surface area (Å²) in [5.41, 5.74) is 0.789. The standard InChI is InChI=1S/C13H16O6/c14-7-10(15)6-11(12(16)13(17)18)19-8-9-4-2-1-3-5-9/h1-5,10,14-16H,6-8H2,(H,17,18)/b12-11-/t10-/m1/s1. The fourth-order valence-corrected chi connectivity index (χ4v) is 1.37. The number of aliphatic hydroxyl groups is 3. The summed E-state index contributed by atoms with van der Waals surface area (Å²) >= 11 is 0. The second-order valence-corrected chi connectivity index (χ2v) is 3.89. The fourth-order valence-electron chi connectivity index (χ4n) is 1.37. The van der Waals surface area contributed by atoms with Gasteiger partial charge in [0.25, 0.3) is 0 Å². The van der Waals surface area contributed by atoms with Crippen LogP contribution in [0.3, 0.4) is 0 Å². The molecule has 0 aromatic heterocycles. The highest BCUT2D eigenvalue weighted by Gasteiger charge is 2.18. The van der Waals surface area contributed by atoms with Crippen LogP contribution in [0.4, 0.5) is 0 Å². The van der Waals surface area contributed by atoms with E-state index in [0.717, 1.165) is 5.56 Å². The Balaban J connectivity index is 2.75. The van der Waals surface area contributed by atoms with E-state index in [2.05, 4.69) is 0 Å². The molecule has 0 aliphatic rings. The number of carboxylic acid groups (broad SMARTS) is 1. The van der Waals surface area contributed by atoms with E-state index >= 15 is 0 Å². The van der Waals surface area contributed by atoms with Gasteiger partial charge in [-0.1, -0.05) is 30.3 Å². The molecule has 0 aliphatic heterocycles. The van der Waals surface area contributed by atoms with Crippen molar-refractivity contribution in [1.82, 2.24) is 0 Å². The van der Waals surface area contributed by atoms with Crippen LogP contribution in [0, 0.1) is 0 Å². The van der Waals surface area contributed by atoms with Crippen LogP contribution in [-0.4, -0.2) is 39.1 Å². The van der Waals surface area contributed by atoms with Crippen LogP contribution >= 0.6 is 0 Å². The van der Waals surface area contributed by atoms with E-state index in [1.54, 1.807) is 24.3 Å². The highest BCUT2D eigenvalue weighted by molar-refractivity contribution is 5.84. The average molecular weight is 268 g/mol. The molecule has 1 aromatic carbocycles. The predicted molar refractivity (Wildman–Crippen MR) is 66.2 cm³/mol. The van der Waals surface area contributed by atoms with Crippen molar-refractivity contribution in [2.24, 2.45) is 0 Å². The molecule has 0 saturated carbocycles. The zero-order valence-corrected chi connectivity index (χ0v) is 10.2. The van der Waals surface area contributed by atoms with Gasteiger partial charge in [-0.2, -0.15) is 0 Å². The topological polar surface area (TPSA) is 107 Å². The van der Waals surface area contributed by atoms with Crippen molar-refractivity contribution in [3.8, 4) is 0 Å². The van der Waals surface area contributed by atoms with Crippen molar-refractivity contribution in [3.05, 3.63) is 47.4 Å². The van der Waals surface area contributed by atoms with Gasteiger partial charge in [0.15, 0.2) is 0 Å². The molecule has 6 heteroatoms. The molecular weight excluding hydrogens is 252 g/mol. The first-order valence-corrected chi connectivity index (χ1v) is 5.65. The third-order valence-electron chi connectivity index (χ3n) is 2.35. The molecule has 0 fully saturated rings. The Hall–Kier alpha value is -2.05. The zero-order chi connectivity index (χ0) is 14.3. The van der Waals surface area contributed by atoms with Gasteiger partial charge >= 0.3 is 5.97 Å². The van der Waals surface area contributed by atoms with Gasteiger partial charge in [0.05, 0.1) is 12.7 Å². The number of rotatable bonds is 7. The van der Waals surface area contributed by atoms with Crippen molar-refractivity contribution in [3.63, 3.8) is 0 Å². The summed E-state index contributed by atoms with van der Waals surface area (Å²) in [5.74, 6) is -2.78. The number of benzene rings is 1. The minimum absolute atomic E-state index is 0.0612. The largest absolute Gasteiger partial charge is 0.499 e. The van der Waals surface area contributed by atoms with E-state index in [-0.39, 0.29) is 18.8 Å². The third kappa shape index (κ3) is 4.99. The number of carbonyl (C=O) groups is 1. The predicted octanol–water partition coefficient (Wildman–Crippen LogP) is 0.801. The smallest absolute Gasteiger partial charge is 0.374 e. The van der Waals surface area contributed by atoms with Gasteiger partial charge in [-0.3, -0.25) is 0 Å². The molecule has 0 amide bonds. The molecule has 0 aliphatic carbocycles. The minimum Gasteiger partial charge on any atom is -0.499 e. The van der Waals surface area contributed by atoms with Crippen molar-refractivity contribution < 1.29 is 30.0 Å². The molecule has 0 spiro atoms. The average Bonchev–Trinajstić information content (AvgIpc) is 2.43. The number of ether oxygens (including phenoxy) is 1. The van der Waals surface area contributed by atoms with E-state index in [1.807, 2.05) is 6.07 Å². The van der Waals surface area contributed by atoms with Crippen LogP contribution in [0.2, 0.25) is 0 Å². The zero-order valence-electron chi connectivity index (χ0n) is 10.2. The Labute approximate surface area is 110 Å². The molecule has 0 heterocycles. The summed E-state index contributed by atoms with van der Waals surface area (Å²) in [6, 6.07) is 8.96. The summed E-state index contributed by atoms with van der Waals surface area (Å²) in [7, 11) is 0. The molecule has 0 unspecified atom stereocenters. The lowest BCUT2D eigenvalue weighted by atomic mass is 10.2. The van der Waals surface area contributed by atoms with Gasteiger partial charge in [0.2, 0.25) is 5.76 Å². The third-order valence-corrected chi connectivity index (χ3v) is 2.35. The van der Waals surface area contributed by atoms with Crippen LogP contribution in [0.1, 0.15) is 12.0 Å². The highest BCUT2D eigenvalue weighted by atomic mass is 16.5. The van der Waals surface area contributed by atoms with Gasteiger partial charge in [-0.25, -0.2) is 4.79 Å². The number of hydrogen-bond acceptors (Lipinski definition) is 5. The monoisotopic (exact) mass is 268 g/mol. The number of aliphatic carboxylic acids is 1. The van der Waals surface area contributed by atoms with Crippen molar-refractivity contribution in [1.29, 1.82) is 0 Å². The minimum atomic E-state index is -1.55. The Morgan fingerprint density at radius 2 is 1.84 bits per heavy atom. The molecule has 104 valence electrons. The Bertz CT molecular complexity index is 440. The molecule has 6 nitrogen and oxygen atoms in total. The summed E-state index contributed by atoms with van der Waals surface area (Å²) in [5, 5.41) is 36.1. The van der Waals surface area contributed by atoms with Crippen LogP contribution in [-0.2, 0) is 16.1 Å². The van der Waals surface area contributed by atoms with E-state index < -0.39 is 24.4 Å². The lowest BCUT2D eigenvalue weighted by Crippen LogP contribution is -2.17. The Morgan fingerprint density at radius 3 is 2.37 bits per heavy atom. The summed E-state index contributed by atoms with van der Waals surface area (Å²) in [6.07, 6.45) is -1.46. The second-order valence-electron chi connectivity index (χ2n) is 3.89. The van der Waals surface area contributed by atoms with Crippen molar-refractivity contribution in [2.75, 3.05) is 6.61 Å². The van der Waals surface area contributed by atoms with E-state index in [1.165, 1.54) is 0 Å². The summed E-state index contributed by atoms with van der Waals surface area (Å²) in [4.78, 5) is 10.7. The molecule has 1 aromatic rings. The SMILES string of the molecule is O=C(O)/C(O)=C(\C[C@@H](O)CO)OCc1ccccc1. The second kappa shape index (κ2) is 7.40. The molecule has 0 radical (unpaired) electrons. The van der Waals surface area contributed by atoms with Crippen LogP contribution in [0.15, 0.2) is 41.9 Å². The fraction of sp³-hybridized carbons (Fsp3) is 0.308. The number of aliphatic hydroxyl groups excluding tert-OH is 3. The first kappa shape index (κ1) is 15.0. The van der Waals surface area contributed by atoms with E-state index in [9.17, 15) is 15.0 Å². The van der Waals surface area contributed by atoms with Crippen LogP contribution < -0.4 is 0 Å². The number of hydrogen-bond donors (Lipinski definition) is 4. The van der Waals surface area contributed by atoms with Gasteiger partial charge in [-0.05, 0) is 5.56 Å². The summed E-state index contributed by atoms with van der Waals surface area (Å²) < 4.78 is 5.20. The molecule has 1 rings (SSSR count). The maximum absolute atomic E-state index is 10.7. The molecule has 1 atom stereocenters. The molecule has 0 bridgehead atoms. The van der Waals surface area contributed by atoms with Gasteiger partial charge in [0, 0.05) is 6.42 Å². The molecule has 0 saturated heterocycles. The maximum atomic E-state index is 10.7. The van der Waals surface area contributed by atoms with E-state index in [4.69, 9.17) is 14.9 Å². The van der Waals surface area contributed by atoms with Gasteiger partial charge in [-0.15, -0.1) is 0 Å².